The molecule has 0 fully saturated rings. The van der Waals surface area contributed by atoms with Gasteiger partial charge in [0.05, 0.1) is 11.3 Å². The third-order valence-electron chi connectivity index (χ3n) is 3.28. The molecule has 108 valence electrons. The van der Waals surface area contributed by atoms with E-state index in [9.17, 15) is 4.79 Å². The summed E-state index contributed by atoms with van der Waals surface area (Å²) < 4.78 is 0. The Hall–Kier alpha value is -2.46. The number of rotatable bonds is 4. The Labute approximate surface area is 133 Å². The summed E-state index contributed by atoms with van der Waals surface area (Å²) in [7, 11) is 0. The van der Waals surface area contributed by atoms with Crippen molar-refractivity contribution in [3.05, 3.63) is 78.0 Å². The van der Waals surface area contributed by atoms with E-state index in [0.29, 0.717) is 22.0 Å². The van der Waals surface area contributed by atoms with Crippen LogP contribution in [0.15, 0.2) is 72.0 Å². The maximum absolute atomic E-state index is 12.8. The molecular formula is C18H14N2OS. The predicted molar refractivity (Wildman–Crippen MR) is 89.1 cm³/mol. The van der Waals surface area contributed by atoms with Crippen LogP contribution in [0.2, 0.25) is 0 Å². The molecule has 1 heterocycles. The lowest BCUT2D eigenvalue weighted by molar-refractivity contribution is 0.103. The molecule has 0 bridgehead atoms. The molecule has 0 radical (unpaired) electrons. The van der Waals surface area contributed by atoms with Gasteiger partial charge in [-0.05, 0) is 6.26 Å². The van der Waals surface area contributed by atoms with E-state index in [-0.39, 0.29) is 5.78 Å². The standard InChI is InChI=1S/C18H14N2OS/c1-22-18-19-12-15(17(21)14-10-6-3-7-11-14)16(20-18)13-8-4-2-5-9-13/h2-12H,1H3. The molecule has 3 nitrogen and oxygen atoms in total. The quantitative estimate of drug-likeness (QED) is 0.413. The number of hydrogen-bond donors (Lipinski definition) is 0. The minimum atomic E-state index is -0.0629. The average molecular weight is 306 g/mol. The fraction of sp³-hybridized carbons (Fsp3) is 0.0556. The van der Waals surface area contributed by atoms with Crippen LogP contribution in [0.5, 0.6) is 0 Å². The lowest BCUT2D eigenvalue weighted by Crippen LogP contribution is -2.06. The van der Waals surface area contributed by atoms with E-state index in [2.05, 4.69) is 9.97 Å². The summed E-state index contributed by atoms with van der Waals surface area (Å²) in [6.45, 7) is 0. The van der Waals surface area contributed by atoms with E-state index in [0.717, 1.165) is 5.56 Å². The van der Waals surface area contributed by atoms with Crippen molar-refractivity contribution in [3.8, 4) is 11.3 Å². The molecular weight excluding hydrogens is 292 g/mol. The lowest BCUT2D eigenvalue weighted by Gasteiger charge is -2.09. The van der Waals surface area contributed by atoms with Gasteiger partial charge in [-0.2, -0.15) is 0 Å². The Bertz CT molecular complexity index is 789. The van der Waals surface area contributed by atoms with Crippen LogP contribution in [0, 0.1) is 0 Å². The highest BCUT2D eigenvalue weighted by Gasteiger charge is 2.17. The maximum Gasteiger partial charge on any atom is 0.196 e. The summed E-state index contributed by atoms with van der Waals surface area (Å²) >= 11 is 1.46. The van der Waals surface area contributed by atoms with E-state index in [1.165, 1.54) is 11.8 Å². The second kappa shape index (κ2) is 6.54. The van der Waals surface area contributed by atoms with E-state index in [1.54, 1.807) is 18.3 Å². The first-order valence-corrected chi connectivity index (χ1v) is 8.08. The molecule has 3 aromatic rings. The Kier molecular flexibility index (Phi) is 4.30. The second-order valence-corrected chi connectivity index (χ2v) is 5.45. The van der Waals surface area contributed by atoms with Crippen molar-refractivity contribution in [3.63, 3.8) is 0 Å². The van der Waals surface area contributed by atoms with Gasteiger partial charge in [-0.15, -0.1) is 0 Å². The molecule has 1 aromatic heterocycles. The van der Waals surface area contributed by atoms with Gasteiger partial charge in [0.1, 0.15) is 0 Å². The van der Waals surface area contributed by atoms with E-state index in [4.69, 9.17) is 0 Å². The monoisotopic (exact) mass is 306 g/mol. The number of carbonyl (C=O) groups excluding carboxylic acids is 1. The highest BCUT2D eigenvalue weighted by atomic mass is 32.2. The maximum atomic E-state index is 12.8. The predicted octanol–water partition coefficient (Wildman–Crippen LogP) is 4.10. The number of thioether (sulfide) groups is 1. The number of aromatic nitrogens is 2. The van der Waals surface area contributed by atoms with Crippen molar-refractivity contribution in [2.24, 2.45) is 0 Å². The van der Waals surface area contributed by atoms with Crippen molar-refractivity contribution in [2.75, 3.05) is 6.26 Å². The number of hydrogen-bond acceptors (Lipinski definition) is 4. The third kappa shape index (κ3) is 2.92. The molecule has 0 saturated carbocycles. The Morgan fingerprint density at radius 1 is 0.955 bits per heavy atom. The molecule has 0 aliphatic rings. The van der Waals surface area contributed by atoms with Crippen molar-refractivity contribution >= 4 is 17.5 Å². The van der Waals surface area contributed by atoms with Crippen LogP contribution < -0.4 is 0 Å². The number of carbonyl (C=O) groups is 1. The Morgan fingerprint density at radius 2 is 1.59 bits per heavy atom. The normalized spacial score (nSPS) is 10.4. The van der Waals surface area contributed by atoms with Crippen molar-refractivity contribution in [2.45, 2.75) is 5.16 Å². The molecule has 0 N–H and O–H groups in total. The Balaban J connectivity index is 2.14. The van der Waals surface area contributed by atoms with Crippen LogP contribution in [0.3, 0.4) is 0 Å². The number of nitrogens with zero attached hydrogens (tertiary/aromatic N) is 2. The van der Waals surface area contributed by atoms with Gasteiger partial charge in [0, 0.05) is 17.3 Å². The van der Waals surface area contributed by atoms with Gasteiger partial charge in [0.25, 0.3) is 0 Å². The second-order valence-electron chi connectivity index (χ2n) is 4.68. The summed E-state index contributed by atoms with van der Waals surface area (Å²) in [5.74, 6) is -0.0629. The molecule has 3 rings (SSSR count). The summed E-state index contributed by atoms with van der Waals surface area (Å²) in [5, 5.41) is 0.656. The molecule has 0 atom stereocenters. The third-order valence-corrected chi connectivity index (χ3v) is 3.84. The number of ketones is 1. The summed E-state index contributed by atoms with van der Waals surface area (Å²) in [6.07, 6.45) is 3.54. The fourth-order valence-electron chi connectivity index (χ4n) is 2.19. The minimum absolute atomic E-state index is 0.0629. The molecule has 4 heteroatoms. The first-order valence-electron chi connectivity index (χ1n) is 6.86. The van der Waals surface area contributed by atoms with Crippen molar-refractivity contribution in [1.82, 2.24) is 9.97 Å². The molecule has 0 unspecified atom stereocenters. The molecule has 0 aliphatic heterocycles. The highest BCUT2D eigenvalue weighted by molar-refractivity contribution is 7.98. The Morgan fingerprint density at radius 3 is 2.23 bits per heavy atom. The van der Waals surface area contributed by atoms with Gasteiger partial charge in [-0.1, -0.05) is 72.4 Å². The minimum Gasteiger partial charge on any atom is -0.288 e. The van der Waals surface area contributed by atoms with Gasteiger partial charge < -0.3 is 0 Å². The zero-order valence-corrected chi connectivity index (χ0v) is 12.9. The summed E-state index contributed by atoms with van der Waals surface area (Å²) in [5.41, 5.74) is 2.75. The largest absolute Gasteiger partial charge is 0.288 e. The highest BCUT2D eigenvalue weighted by Crippen LogP contribution is 2.25. The SMILES string of the molecule is CSc1ncc(C(=O)c2ccccc2)c(-c2ccccc2)n1. The van der Waals surface area contributed by atoms with Crippen LogP contribution in [-0.4, -0.2) is 22.0 Å². The average Bonchev–Trinajstić information content (AvgIpc) is 2.62. The van der Waals surface area contributed by atoms with Crippen LogP contribution in [0.25, 0.3) is 11.3 Å². The van der Waals surface area contributed by atoms with Crippen LogP contribution in [-0.2, 0) is 0 Å². The molecule has 0 saturated heterocycles. The number of benzene rings is 2. The topological polar surface area (TPSA) is 42.9 Å². The first-order chi connectivity index (χ1) is 10.8. The smallest absolute Gasteiger partial charge is 0.196 e. The first kappa shape index (κ1) is 14.5. The molecule has 0 amide bonds. The van der Waals surface area contributed by atoms with E-state index < -0.39 is 0 Å². The van der Waals surface area contributed by atoms with Gasteiger partial charge in [-0.25, -0.2) is 9.97 Å². The molecule has 0 aliphatic carbocycles. The molecule has 0 spiro atoms. The summed E-state index contributed by atoms with van der Waals surface area (Å²) in [4.78, 5) is 21.6. The zero-order valence-electron chi connectivity index (χ0n) is 12.1. The van der Waals surface area contributed by atoms with Gasteiger partial charge in [0.15, 0.2) is 10.9 Å². The van der Waals surface area contributed by atoms with Gasteiger partial charge >= 0.3 is 0 Å². The van der Waals surface area contributed by atoms with Crippen molar-refractivity contribution < 1.29 is 4.79 Å². The summed E-state index contributed by atoms with van der Waals surface area (Å²) in [6, 6.07) is 18.9. The van der Waals surface area contributed by atoms with Crippen LogP contribution in [0.1, 0.15) is 15.9 Å². The van der Waals surface area contributed by atoms with Crippen molar-refractivity contribution in [1.29, 1.82) is 0 Å². The van der Waals surface area contributed by atoms with Crippen LogP contribution >= 0.6 is 11.8 Å². The lowest BCUT2D eigenvalue weighted by atomic mass is 10.00. The van der Waals surface area contributed by atoms with E-state index in [1.807, 2.05) is 54.8 Å². The van der Waals surface area contributed by atoms with E-state index >= 15 is 0 Å². The molecule has 22 heavy (non-hydrogen) atoms. The zero-order chi connectivity index (χ0) is 15.4. The van der Waals surface area contributed by atoms with Gasteiger partial charge in [-0.3, -0.25) is 4.79 Å². The van der Waals surface area contributed by atoms with Crippen LogP contribution in [0.4, 0.5) is 0 Å². The fourth-order valence-corrected chi connectivity index (χ4v) is 2.53. The van der Waals surface area contributed by atoms with Gasteiger partial charge in [0.2, 0.25) is 0 Å². The molecule has 2 aromatic carbocycles.